The average Bonchev–Trinajstić information content (AvgIpc) is 2.81. The van der Waals surface area contributed by atoms with Crippen LogP contribution in [0.3, 0.4) is 0 Å². The van der Waals surface area contributed by atoms with Crippen LogP contribution in [-0.4, -0.2) is 22.8 Å². The molecule has 0 N–H and O–H groups in total. The second-order valence-electron chi connectivity index (χ2n) is 3.66. The van der Waals surface area contributed by atoms with Gasteiger partial charge < -0.3 is 4.90 Å². The van der Waals surface area contributed by atoms with E-state index in [1.165, 1.54) is 11.3 Å². The fourth-order valence-electron chi connectivity index (χ4n) is 1.49. The number of thiazole rings is 1. The number of amides is 1. The van der Waals surface area contributed by atoms with Crippen LogP contribution in [0.25, 0.3) is 0 Å². The first-order chi connectivity index (χ1) is 8.16. The Kier molecular flexibility index (Phi) is 3.76. The minimum absolute atomic E-state index is 0.0776. The van der Waals surface area contributed by atoms with Gasteiger partial charge in [0.25, 0.3) is 5.91 Å². The Morgan fingerprint density at radius 3 is 3.00 bits per heavy atom. The number of aromatic nitrogens is 1. The first kappa shape index (κ1) is 12.1. The second-order valence-corrected chi connectivity index (χ2v) is 4.82. The summed E-state index contributed by atoms with van der Waals surface area (Å²) in [6.45, 7) is 0.525. The molecule has 1 amide bonds. The van der Waals surface area contributed by atoms with Gasteiger partial charge in [-0.1, -0.05) is 23.7 Å². The molecule has 0 bridgehead atoms. The van der Waals surface area contributed by atoms with E-state index >= 15 is 0 Å². The highest BCUT2D eigenvalue weighted by Crippen LogP contribution is 2.13. The maximum Gasteiger partial charge on any atom is 0.273 e. The Hall–Kier alpha value is -1.39. The summed E-state index contributed by atoms with van der Waals surface area (Å²) in [6, 6.07) is 7.48. The maximum absolute atomic E-state index is 11.9. The lowest BCUT2D eigenvalue weighted by molar-refractivity contribution is 0.0780. The van der Waals surface area contributed by atoms with E-state index in [0.29, 0.717) is 17.3 Å². The maximum atomic E-state index is 11.9. The van der Waals surface area contributed by atoms with Gasteiger partial charge in [0.15, 0.2) is 0 Å². The van der Waals surface area contributed by atoms with Crippen LogP contribution in [0.2, 0.25) is 5.02 Å². The van der Waals surface area contributed by atoms with E-state index in [0.717, 1.165) is 5.56 Å². The highest BCUT2D eigenvalue weighted by molar-refractivity contribution is 7.07. The van der Waals surface area contributed by atoms with Crippen molar-refractivity contribution >= 4 is 28.8 Å². The fraction of sp³-hybridized carbons (Fsp3) is 0.167. The molecule has 0 saturated heterocycles. The zero-order valence-electron chi connectivity index (χ0n) is 9.26. The third-order valence-electron chi connectivity index (χ3n) is 2.31. The third kappa shape index (κ3) is 3.05. The molecule has 88 valence electrons. The molecule has 0 atom stereocenters. The van der Waals surface area contributed by atoms with Crippen LogP contribution in [0.15, 0.2) is 35.2 Å². The summed E-state index contributed by atoms with van der Waals surface area (Å²) >= 11 is 7.31. The number of carbonyl (C=O) groups excluding carboxylic acids is 1. The van der Waals surface area contributed by atoms with Crippen molar-refractivity contribution in [2.75, 3.05) is 7.05 Å². The number of carbonyl (C=O) groups is 1. The lowest BCUT2D eigenvalue weighted by atomic mass is 10.2. The number of nitrogens with zero attached hydrogens (tertiary/aromatic N) is 2. The molecule has 17 heavy (non-hydrogen) atoms. The van der Waals surface area contributed by atoms with Gasteiger partial charge >= 0.3 is 0 Å². The molecule has 2 rings (SSSR count). The normalized spacial score (nSPS) is 10.2. The molecule has 1 aromatic carbocycles. The van der Waals surface area contributed by atoms with Gasteiger partial charge in [0.1, 0.15) is 5.69 Å². The zero-order chi connectivity index (χ0) is 12.3. The van der Waals surface area contributed by atoms with Gasteiger partial charge in [0, 0.05) is 24.0 Å². The van der Waals surface area contributed by atoms with E-state index in [4.69, 9.17) is 11.6 Å². The van der Waals surface area contributed by atoms with Crippen LogP contribution >= 0.6 is 22.9 Å². The van der Waals surface area contributed by atoms with Crippen LogP contribution in [0.1, 0.15) is 16.1 Å². The number of rotatable bonds is 3. The number of hydrogen-bond acceptors (Lipinski definition) is 3. The van der Waals surface area contributed by atoms with Crippen molar-refractivity contribution in [1.82, 2.24) is 9.88 Å². The molecular formula is C12H11ClN2OS. The SMILES string of the molecule is CN(Cc1cccc(Cl)c1)C(=O)c1cscn1. The van der Waals surface area contributed by atoms with Gasteiger partial charge in [0.05, 0.1) is 5.51 Å². The quantitative estimate of drug-likeness (QED) is 0.855. The van der Waals surface area contributed by atoms with Crippen molar-refractivity contribution in [3.05, 3.63) is 51.4 Å². The monoisotopic (exact) mass is 266 g/mol. The highest BCUT2D eigenvalue weighted by Gasteiger charge is 2.13. The second kappa shape index (κ2) is 5.29. The van der Waals surface area contributed by atoms with E-state index in [2.05, 4.69) is 4.98 Å². The highest BCUT2D eigenvalue weighted by atomic mass is 35.5. The van der Waals surface area contributed by atoms with Gasteiger partial charge in [-0.25, -0.2) is 4.98 Å². The van der Waals surface area contributed by atoms with Crippen molar-refractivity contribution in [3.8, 4) is 0 Å². The molecule has 0 aliphatic carbocycles. The minimum Gasteiger partial charge on any atom is -0.336 e. The summed E-state index contributed by atoms with van der Waals surface area (Å²) in [5.74, 6) is -0.0776. The van der Waals surface area contributed by atoms with Gasteiger partial charge in [-0.15, -0.1) is 11.3 Å². The molecule has 0 saturated carbocycles. The Morgan fingerprint density at radius 2 is 2.35 bits per heavy atom. The van der Waals surface area contributed by atoms with Crippen LogP contribution in [0, 0.1) is 0 Å². The smallest absolute Gasteiger partial charge is 0.273 e. The van der Waals surface area contributed by atoms with E-state index < -0.39 is 0 Å². The Bertz CT molecular complexity index is 513. The van der Waals surface area contributed by atoms with Crippen molar-refractivity contribution in [2.45, 2.75) is 6.54 Å². The molecule has 5 heteroatoms. The summed E-state index contributed by atoms with van der Waals surface area (Å²) in [4.78, 5) is 17.6. The van der Waals surface area contributed by atoms with Crippen LogP contribution in [0.5, 0.6) is 0 Å². The predicted octanol–water partition coefficient (Wildman–Crippen LogP) is 3.07. The summed E-state index contributed by atoms with van der Waals surface area (Å²) in [7, 11) is 1.75. The number of halogens is 1. The lowest BCUT2D eigenvalue weighted by Gasteiger charge is -2.16. The Labute approximate surface area is 109 Å². The van der Waals surface area contributed by atoms with Crippen molar-refractivity contribution in [3.63, 3.8) is 0 Å². The summed E-state index contributed by atoms with van der Waals surface area (Å²) in [5.41, 5.74) is 3.14. The molecule has 0 aliphatic rings. The molecule has 0 spiro atoms. The van der Waals surface area contributed by atoms with Gasteiger partial charge in [-0.2, -0.15) is 0 Å². The molecule has 2 aromatic rings. The van der Waals surface area contributed by atoms with Gasteiger partial charge in [-0.3, -0.25) is 4.79 Å². The van der Waals surface area contributed by atoms with Crippen LogP contribution in [-0.2, 0) is 6.54 Å². The molecule has 0 fully saturated rings. The van der Waals surface area contributed by atoms with E-state index in [1.54, 1.807) is 22.8 Å². The largest absolute Gasteiger partial charge is 0.336 e. The van der Waals surface area contributed by atoms with Gasteiger partial charge in [-0.05, 0) is 17.7 Å². The van der Waals surface area contributed by atoms with Crippen LogP contribution < -0.4 is 0 Å². The fourth-order valence-corrected chi connectivity index (χ4v) is 2.23. The molecule has 0 unspecified atom stereocenters. The van der Waals surface area contributed by atoms with Crippen molar-refractivity contribution in [1.29, 1.82) is 0 Å². The van der Waals surface area contributed by atoms with Crippen molar-refractivity contribution < 1.29 is 4.79 Å². The summed E-state index contributed by atoms with van der Waals surface area (Å²) in [6.07, 6.45) is 0. The summed E-state index contributed by atoms with van der Waals surface area (Å²) < 4.78 is 0. The Balaban J connectivity index is 2.07. The first-order valence-corrected chi connectivity index (χ1v) is 6.37. The number of benzene rings is 1. The molecular weight excluding hydrogens is 256 g/mol. The molecule has 1 aromatic heterocycles. The molecule has 0 aliphatic heterocycles. The minimum atomic E-state index is -0.0776. The molecule has 3 nitrogen and oxygen atoms in total. The number of hydrogen-bond donors (Lipinski definition) is 0. The van der Waals surface area contributed by atoms with E-state index in [9.17, 15) is 4.79 Å². The topological polar surface area (TPSA) is 33.2 Å². The first-order valence-electron chi connectivity index (χ1n) is 5.05. The average molecular weight is 267 g/mol. The lowest BCUT2D eigenvalue weighted by Crippen LogP contribution is -2.26. The summed E-state index contributed by atoms with van der Waals surface area (Å²) in [5, 5.41) is 2.42. The Morgan fingerprint density at radius 1 is 1.53 bits per heavy atom. The third-order valence-corrected chi connectivity index (χ3v) is 3.13. The van der Waals surface area contributed by atoms with E-state index in [-0.39, 0.29) is 5.91 Å². The zero-order valence-corrected chi connectivity index (χ0v) is 10.8. The van der Waals surface area contributed by atoms with Crippen molar-refractivity contribution in [2.24, 2.45) is 0 Å². The molecule has 1 heterocycles. The predicted molar refractivity (Wildman–Crippen MR) is 69.4 cm³/mol. The van der Waals surface area contributed by atoms with Gasteiger partial charge in [0.2, 0.25) is 0 Å². The van der Waals surface area contributed by atoms with Crippen LogP contribution in [0.4, 0.5) is 0 Å². The van der Waals surface area contributed by atoms with E-state index in [1.807, 2.05) is 24.3 Å². The molecule has 0 radical (unpaired) electrons. The standard InChI is InChI=1S/C12H11ClN2OS/c1-15(12(16)11-7-17-8-14-11)6-9-3-2-4-10(13)5-9/h2-5,7-8H,6H2,1H3.